The highest BCUT2D eigenvalue weighted by Crippen LogP contribution is 2.37. The highest BCUT2D eigenvalue weighted by Gasteiger charge is 2.30. The summed E-state index contributed by atoms with van der Waals surface area (Å²) in [6.07, 6.45) is -5.79. The normalized spacial score (nSPS) is 13.3. The molecule has 0 aliphatic carbocycles. The minimum atomic E-state index is -4.21. The molecule has 0 aliphatic heterocycles. The maximum absolute atomic E-state index is 12.9. The van der Waals surface area contributed by atoms with Gasteiger partial charge in [0.15, 0.2) is 0 Å². The summed E-state index contributed by atoms with van der Waals surface area (Å²) in [5.41, 5.74) is 5.71. The molecule has 2 aromatic carbocycles. The summed E-state index contributed by atoms with van der Waals surface area (Å²) < 4.78 is 44.8. The second kappa shape index (κ2) is 9.30. The van der Waals surface area contributed by atoms with Crippen LogP contribution in [0.3, 0.4) is 0 Å². The molecule has 1 aromatic heterocycles. The third kappa shape index (κ3) is 6.16. The van der Waals surface area contributed by atoms with Crippen molar-refractivity contribution in [3.05, 3.63) is 75.0 Å². The van der Waals surface area contributed by atoms with Gasteiger partial charge in [-0.25, -0.2) is 0 Å². The lowest BCUT2D eigenvalue weighted by atomic mass is 9.85. The van der Waals surface area contributed by atoms with Crippen LogP contribution in [0.25, 0.3) is 11.1 Å². The van der Waals surface area contributed by atoms with Crippen LogP contribution in [0.15, 0.2) is 48.5 Å². The van der Waals surface area contributed by atoms with E-state index in [4.69, 9.17) is 4.74 Å². The van der Waals surface area contributed by atoms with E-state index in [9.17, 15) is 13.2 Å². The summed E-state index contributed by atoms with van der Waals surface area (Å²) in [6, 6.07) is 16.2. The summed E-state index contributed by atoms with van der Waals surface area (Å²) in [5, 5.41) is 0. The fourth-order valence-electron chi connectivity index (χ4n) is 3.93. The SMILES string of the molecule is Cc1ccc(C(CCC(F)(F)F)Oc2cc(C)c(-c3ccc(C(C)(C)C)cc3)c(C)c2)s1. The van der Waals surface area contributed by atoms with Crippen LogP contribution in [0.2, 0.25) is 0 Å². The van der Waals surface area contributed by atoms with E-state index in [1.807, 2.05) is 45.0 Å². The molecule has 0 spiro atoms. The predicted molar refractivity (Wildman–Crippen MR) is 128 cm³/mol. The zero-order chi connectivity index (χ0) is 23.7. The molecule has 0 bridgehead atoms. The summed E-state index contributed by atoms with van der Waals surface area (Å²) >= 11 is 1.48. The Morgan fingerprint density at radius 2 is 1.47 bits per heavy atom. The molecule has 0 saturated heterocycles. The highest BCUT2D eigenvalue weighted by atomic mass is 32.1. The van der Waals surface area contributed by atoms with E-state index in [-0.39, 0.29) is 11.8 Å². The number of thiophene rings is 1. The van der Waals surface area contributed by atoms with Crippen LogP contribution in [0.4, 0.5) is 13.2 Å². The first-order valence-corrected chi connectivity index (χ1v) is 11.7. The maximum atomic E-state index is 12.9. The van der Waals surface area contributed by atoms with Gasteiger partial charge in [0.25, 0.3) is 0 Å². The number of alkyl halides is 3. The van der Waals surface area contributed by atoms with Crippen molar-refractivity contribution in [3.8, 4) is 16.9 Å². The number of ether oxygens (including phenoxy) is 1. The molecule has 0 radical (unpaired) electrons. The van der Waals surface area contributed by atoms with Crippen LogP contribution >= 0.6 is 11.3 Å². The minimum Gasteiger partial charge on any atom is -0.485 e. The molecule has 1 atom stereocenters. The lowest BCUT2D eigenvalue weighted by Crippen LogP contribution is -2.13. The first-order chi connectivity index (χ1) is 14.8. The Kier molecular flexibility index (Phi) is 7.09. The molecular formula is C27H31F3OS. The summed E-state index contributed by atoms with van der Waals surface area (Å²) in [6.45, 7) is 12.6. The van der Waals surface area contributed by atoms with Crippen LogP contribution in [0.1, 0.15) is 66.2 Å². The van der Waals surface area contributed by atoms with Gasteiger partial charge < -0.3 is 4.74 Å². The Labute approximate surface area is 193 Å². The second-order valence-electron chi connectivity index (χ2n) is 9.47. The molecule has 0 N–H and O–H groups in total. The van der Waals surface area contributed by atoms with E-state index in [2.05, 4.69) is 45.0 Å². The largest absolute Gasteiger partial charge is 0.485 e. The van der Waals surface area contributed by atoms with E-state index in [0.717, 1.165) is 32.0 Å². The first-order valence-electron chi connectivity index (χ1n) is 10.9. The molecule has 32 heavy (non-hydrogen) atoms. The van der Waals surface area contributed by atoms with Gasteiger partial charge in [0, 0.05) is 16.2 Å². The van der Waals surface area contributed by atoms with Gasteiger partial charge in [-0.05, 0) is 84.7 Å². The molecule has 1 unspecified atom stereocenters. The van der Waals surface area contributed by atoms with Crippen molar-refractivity contribution >= 4 is 11.3 Å². The van der Waals surface area contributed by atoms with Crippen LogP contribution in [0.5, 0.6) is 5.75 Å². The molecule has 0 fully saturated rings. The lowest BCUT2D eigenvalue weighted by Gasteiger charge is -2.22. The summed E-state index contributed by atoms with van der Waals surface area (Å²) in [5.74, 6) is 0.605. The van der Waals surface area contributed by atoms with Crippen molar-refractivity contribution in [2.45, 2.75) is 72.1 Å². The summed E-state index contributed by atoms with van der Waals surface area (Å²) in [7, 11) is 0. The van der Waals surface area contributed by atoms with Gasteiger partial charge >= 0.3 is 6.18 Å². The zero-order valence-corrected chi connectivity index (χ0v) is 20.4. The van der Waals surface area contributed by atoms with Crippen molar-refractivity contribution in [2.75, 3.05) is 0 Å². The molecule has 0 amide bonds. The van der Waals surface area contributed by atoms with Crippen molar-refractivity contribution in [2.24, 2.45) is 0 Å². The van der Waals surface area contributed by atoms with E-state index in [1.165, 1.54) is 16.9 Å². The number of hydrogen-bond acceptors (Lipinski definition) is 2. The van der Waals surface area contributed by atoms with Crippen LogP contribution in [0, 0.1) is 20.8 Å². The predicted octanol–water partition coefficient (Wildman–Crippen LogP) is 9.10. The van der Waals surface area contributed by atoms with Crippen LogP contribution in [-0.4, -0.2) is 6.18 Å². The van der Waals surface area contributed by atoms with E-state index in [1.54, 1.807) is 0 Å². The minimum absolute atomic E-state index is 0.0892. The molecule has 0 saturated carbocycles. The van der Waals surface area contributed by atoms with E-state index in [0.29, 0.717) is 5.75 Å². The molecule has 3 rings (SSSR count). The fraction of sp³-hybridized carbons (Fsp3) is 0.407. The number of hydrogen-bond donors (Lipinski definition) is 0. The van der Waals surface area contributed by atoms with Crippen molar-refractivity contribution < 1.29 is 17.9 Å². The summed E-state index contributed by atoms with van der Waals surface area (Å²) in [4.78, 5) is 1.88. The Balaban J connectivity index is 1.88. The first kappa shape index (κ1) is 24.4. The van der Waals surface area contributed by atoms with E-state index < -0.39 is 18.7 Å². The van der Waals surface area contributed by atoms with Gasteiger partial charge in [0.2, 0.25) is 0 Å². The monoisotopic (exact) mass is 460 g/mol. The molecular weight excluding hydrogens is 429 g/mol. The molecule has 0 aliphatic rings. The number of halogens is 3. The third-order valence-corrected chi connectivity index (χ3v) is 6.69. The molecule has 1 heterocycles. The van der Waals surface area contributed by atoms with Crippen molar-refractivity contribution in [3.63, 3.8) is 0 Å². The molecule has 172 valence electrons. The maximum Gasteiger partial charge on any atom is 0.389 e. The topological polar surface area (TPSA) is 9.23 Å². The Hall–Kier alpha value is -2.27. The van der Waals surface area contributed by atoms with Gasteiger partial charge in [-0.2, -0.15) is 13.2 Å². The Morgan fingerprint density at radius 1 is 0.875 bits per heavy atom. The van der Waals surface area contributed by atoms with E-state index >= 15 is 0 Å². The zero-order valence-electron chi connectivity index (χ0n) is 19.6. The van der Waals surface area contributed by atoms with Crippen molar-refractivity contribution in [1.29, 1.82) is 0 Å². The van der Waals surface area contributed by atoms with Gasteiger partial charge in [0.1, 0.15) is 11.9 Å². The average molecular weight is 461 g/mol. The standard InChI is InChI=1S/C27H31F3OS/c1-17-15-22(31-23(13-14-27(28,29)30)24-12-7-19(3)32-24)16-18(2)25(17)20-8-10-21(11-9-20)26(4,5)6/h7-12,15-16,23H,13-14H2,1-6H3. The lowest BCUT2D eigenvalue weighted by molar-refractivity contribution is -0.139. The van der Waals surface area contributed by atoms with Crippen molar-refractivity contribution in [1.82, 2.24) is 0 Å². The van der Waals surface area contributed by atoms with Gasteiger partial charge in [0.05, 0.1) is 0 Å². The van der Waals surface area contributed by atoms with Gasteiger partial charge in [-0.1, -0.05) is 45.0 Å². The average Bonchev–Trinajstić information content (AvgIpc) is 3.10. The number of rotatable bonds is 6. The number of aryl methyl sites for hydroxylation is 3. The number of benzene rings is 2. The second-order valence-corrected chi connectivity index (χ2v) is 10.8. The smallest absolute Gasteiger partial charge is 0.389 e. The Bertz CT molecular complexity index is 1030. The quantitative estimate of drug-likeness (QED) is 0.356. The highest BCUT2D eigenvalue weighted by molar-refractivity contribution is 7.12. The molecule has 5 heteroatoms. The van der Waals surface area contributed by atoms with Gasteiger partial charge in [-0.15, -0.1) is 11.3 Å². The fourth-order valence-corrected chi connectivity index (χ4v) is 4.87. The van der Waals surface area contributed by atoms with Gasteiger partial charge in [-0.3, -0.25) is 0 Å². The van der Waals surface area contributed by atoms with Crippen LogP contribution in [-0.2, 0) is 5.41 Å². The third-order valence-electron chi connectivity index (χ3n) is 5.59. The molecule has 1 nitrogen and oxygen atoms in total. The Morgan fingerprint density at radius 3 is 1.94 bits per heavy atom. The van der Waals surface area contributed by atoms with Crippen LogP contribution < -0.4 is 4.74 Å². The molecule has 3 aromatic rings.